The van der Waals surface area contributed by atoms with Crippen molar-refractivity contribution in [3.63, 3.8) is 0 Å². The summed E-state index contributed by atoms with van der Waals surface area (Å²) in [6.07, 6.45) is -0.00567. The molecular formula is C20H38N6O7. The zero-order chi connectivity index (χ0) is 25.7. The van der Waals surface area contributed by atoms with Gasteiger partial charge in [-0.2, -0.15) is 0 Å². The van der Waals surface area contributed by atoms with E-state index in [1.807, 2.05) is 0 Å². The second-order valence-electron chi connectivity index (χ2n) is 8.05. The van der Waals surface area contributed by atoms with Crippen LogP contribution in [0.2, 0.25) is 0 Å². The highest BCUT2D eigenvalue weighted by molar-refractivity contribution is 5.95. The molecular weight excluding hydrogens is 436 g/mol. The van der Waals surface area contributed by atoms with Crippen LogP contribution in [0.5, 0.6) is 0 Å². The first-order chi connectivity index (χ1) is 15.3. The Morgan fingerprint density at radius 1 is 0.909 bits per heavy atom. The number of nitrogens with two attached hydrogens (primary N) is 3. The molecule has 0 fully saturated rings. The molecule has 6 atom stereocenters. The van der Waals surface area contributed by atoms with Crippen molar-refractivity contribution in [2.45, 2.75) is 83.1 Å². The average Bonchev–Trinajstić information content (AvgIpc) is 2.74. The lowest BCUT2D eigenvalue weighted by Gasteiger charge is -2.28. The molecule has 190 valence electrons. The molecule has 0 bridgehead atoms. The fourth-order valence-corrected chi connectivity index (χ4v) is 2.87. The Kier molecular flexibility index (Phi) is 13.9. The van der Waals surface area contributed by atoms with Gasteiger partial charge in [-0.25, -0.2) is 4.79 Å². The maximum absolute atomic E-state index is 13.0. The van der Waals surface area contributed by atoms with Gasteiger partial charge in [0.2, 0.25) is 23.6 Å². The number of aliphatic hydroxyl groups is 1. The molecule has 4 amide bonds. The summed E-state index contributed by atoms with van der Waals surface area (Å²) in [5.41, 5.74) is 16.2. The maximum Gasteiger partial charge on any atom is 0.326 e. The van der Waals surface area contributed by atoms with Gasteiger partial charge in [0.25, 0.3) is 0 Å². The number of unbranched alkanes of at least 4 members (excludes halogenated alkanes) is 1. The van der Waals surface area contributed by atoms with Gasteiger partial charge in [-0.15, -0.1) is 0 Å². The van der Waals surface area contributed by atoms with Gasteiger partial charge in [0.05, 0.1) is 12.5 Å². The lowest BCUT2D eigenvalue weighted by atomic mass is 9.96. The average molecular weight is 475 g/mol. The molecule has 0 saturated carbocycles. The first-order valence-corrected chi connectivity index (χ1v) is 10.9. The van der Waals surface area contributed by atoms with Crippen LogP contribution in [0.1, 0.15) is 52.9 Å². The third-order valence-electron chi connectivity index (χ3n) is 5.22. The highest BCUT2D eigenvalue weighted by Gasteiger charge is 2.33. The van der Waals surface area contributed by atoms with Gasteiger partial charge in [0.15, 0.2) is 0 Å². The molecule has 0 saturated heterocycles. The number of nitrogens with one attached hydrogen (secondary N) is 3. The number of primary amides is 1. The van der Waals surface area contributed by atoms with E-state index in [4.69, 9.17) is 17.2 Å². The van der Waals surface area contributed by atoms with Crippen molar-refractivity contribution in [1.29, 1.82) is 0 Å². The first-order valence-electron chi connectivity index (χ1n) is 10.9. The molecule has 33 heavy (non-hydrogen) atoms. The van der Waals surface area contributed by atoms with E-state index in [-0.39, 0.29) is 6.42 Å². The summed E-state index contributed by atoms with van der Waals surface area (Å²) in [5.74, 6) is -4.99. The number of hydrogen-bond acceptors (Lipinski definition) is 8. The van der Waals surface area contributed by atoms with Crippen LogP contribution in [0.3, 0.4) is 0 Å². The largest absolute Gasteiger partial charge is 0.480 e. The Balaban J connectivity index is 5.58. The van der Waals surface area contributed by atoms with Crippen molar-refractivity contribution in [3.05, 3.63) is 0 Å². The number of carbonyl (C=O) groups is 5. The van der Waals surface area contributed by atoms with E-state index < -0.39 is 72.2 Å². The Hall–Kier alpha value is -2.77. The van der Waals surface area contributed by atoms with Gasteiger partial charge >= 0.3 is 5.97 Å². The molecule has 0 spiro atoms. The van der Waals surface area contributed by atoms with Crippen LogP contribution in [0.25, 0.3) is 0 Å². The van der Waals surface area contributed by atoms with Crippen molar-refractivity contribution >= 4 is 29.6 Å². The predicted octanol–water partition coefficient (Wildman–Crippen LogP) is -2.72. The number of rotatable bonds is 16. The minimum atomic E-state index is -1.55. The minimum Gasteiger partial charge on any atom is -0.480 e. The summed E-state index contributed by atoms with van der Waals surface area (Å²) >= 11 is 0. The number of hydrogen-bond donors (Lipinski definition) is 8. The molecule has 11 N–H and O–H groups in total. The second kappa shape index (κ2) is 15.1. The molecule has 0 aliphatic heterocycles. The van der Waals surface area contributed by atoms with Gasteiger partial charge in [0, 0.05) is 0 Å². The number of aliphatic carboxylic acids is 1. The number of carbonyl (C=O) groups excluding carboxylic acids is 4. The van der Waals surface area contributed by atoms with E-state index in [1.165, 1.54) is 6.92 Å². The molecule has 0 aromatic rings. The van der Waals surface area contributed by atoms with Crippen molar-refractivity contribution in [1.82, 2.24) is 16.0 Å². The van der Waals surface area contributed by atoms with Gasteiger partial charge in [-0.05, 0) is 38.6 Å². The van der Waals surface area contributed by atoms with Crippen LogP contribution in [0.15, 0.2) is 0 Å². The van der Waals surface area contributed by atoms with Crippen LogP contribution in [-0.4, -0.2) is 76.6 Å². The van der Waals surface area contributed by atoms with Gasteiger partial charge in [-0.3, -0.25) is 19.2 Å². The van der Waals surface area contributed by atoms with E-state index >= 15 is 0 Å². The van der Waals surface area contributed by atoms with Crippen LogP contribution < -0.4 is 33.2 Å². The normalized spacial score (nSPS) is 16.4. The molecule has 6 unspecified atom stereocenters. The summed E-state index contributed by atoms with van der Waals surface area (Å²) in [5, 5.41) is 26.0. The van der Waals surface area contributed by atoms with Gasteiger partial charge in [0.1, 0.15) is 24.2 Å². The van der Waals surface area contributed by atoms with Crippen LogP contribution in [0, 0.1) is 5.92 Å². The maximum atomic E-state index is 13.0. The quantitative estimate of drug-likeness (QED) is 0.108. The zero-order valence-corrected chi connectivity index (χ0v) is 19.4. The third kappa shape index (κ3) is 11.1. The summed E-state index contributed by atoms with van der Waals surface area (Å²) in [7, 11) is 0. The topological polar surface area (TPSA) is 240 Å². The molecule has 0 aliphatic rings. The number of aliphatic hydroxyl groups excluding tert-OH is 1. The van der Waals surface area contributed by atoms with Crippen molar-refractivity contribution in [3.8, 4) is 0 Å². The number of carboxylic acid groups (broad SMARTS) is 1. The fourth-order valence-electron chi connectivity index (χ4n) is 2.87. The Bertz CT molecular complexity index is 688. The number of amides is 4. The highest BCUT2D eigenvalue weighted by Crippen LogP contribution is 2.11. The van der Waals surface area contributed by atoms with Gasteiger partial charge in [-0.1, -0.05) is 20.3 Å². The smallest absolute Gasteiger partial charge is 0.326 e. The predicted molar refractivity (Wildman–Crippen MR) is 119 cm³/mol. The summed E-state index contributed by atoms with van der Waals surface area (Å²) in [4.78, 5) is 60.5. The Labute approximate surface area is 193 Å². The monoisotopic (exact) mass is 474 g/mol. The molecule has 13 nitrogen and oxygen atoms in total. The fraction of sp³-hybridized carbons (Fsp3) is 0.750. The van der Waals surface area contributed by atoms with E-state index in [9.17, 15) is 34.2 Å². The summed E-state index contributed by atoms with van der Waals surface area (Å²) in [6, 6.07) is -5.01. The SMILES string of the molecule is CCC(C)C(NC(=O)C(CCCCN)NC(=O)C(N)C(C)O)C(=O)NC(CC(N)=O)C(=O)O. The summed E-state index contributed by atoms with van der Waals surface area (Å²) < 4.78 is 0. The molecule has 0 rings (SSSR count). The third-order valence-corrected chi connectivity index (χ3v) is 5.22. The van der Waals surface area contributed by atoms with Crippen LogP contribution in [0.4, 0.5) is 0 Å². The van der Waals surface area contributed by atoms with E-state index in [0.29, 0.717) is 25.8 Å². The molecule has 0 radical (unpaired) electrons. The lowest BCUT2D eigenvalue weighted by Crippen LogP contribution is -2.59. The number of carboxylic acids is 1. The Morgan fingerprint density at radius 2 is 1.48 bits per heavy atom. The standard InChI is InChI=1S/C20H38N6O7/c1-4-10(2)16(19(31)25-13(20(32)33)9-14(22)28)26-17(29)12(7-5-6-8-21)24-18(30)15(23)11(3)27/h10-13,15-16,27H,4-9,21,23H2,1-3H3,(H2,22,28)(H,24,30)(H,25,31)(H,26,29)(H,32,33). The zero-order valence-electron chi connectivity index (χ0n) is 19.4. The molecule has 0 heterocycles. The van der Waals surface area contributed by atoms with E-state index in [0.717, 1.165) is 0 Å². The van der Waals surface area contributed by atoms with E-state index in [1.54, 1.807) is 13.8 Å². The van der Waals surface area contributed by atoms with Crippen molar-refractivity contribution in [2.75, 3.05) is 6.54 Å². The minimum absolute atomic E-state index is 0.204. The van der Waals surface area contributed by atoms with Crippen LogP contribution >= 0.6 is 0 Å². The molecule has 0 aromatic carbocycles. The summed E-state index contributed by atoms with van der Waals surface area (Å²) in [6.45, 7) is 5.17. The molecule has 0 aliphatic carbocycles. The van der Waals surface area contributed by atoms with Crippen molar-refractivity contribution < 1.29 is 34.2 Å². The molecule has 13 heteroatoms. The van der Waals surface area contributed by atoms with Gasteiger partial charge < -0.3 is 43.4 Å². The lowest BCUT2D eigenvalue weighted by molar-refractivity contribution is -0.144. The Morgan fingerprint density at radius 3 is 1.94 bits per heavy atom. The van der Waals surface area contributed by atoms with Crippen molar-refractivity contribution in [2.24, 2.45) is 23.1 Å². The second-order valence-corrected chi connectivity index (χ2v) is 8.05. The highest BCUT2D eigenvalue weighted by atomic mass is 16.4. The van der Waals surface area contributed by atoms with E-state index in [2.05, 4.69) is 16.0 Å². The van der Waals surface area contributed by atoms with Crippen LogP contribution in [-0.2, 0) is 24.0 Å². The molecule has 0 aromatic heterocycles. The first kappa shape index (κ1) is 30.2.